The Balaban J connectivity index is 2.82. The maximum Gasteiger partial charge on any atom is 0.136 e. The van der Waals surface area contributed by atoms with Gasteiger partial charge in [0.15, 0.2) is 0 Å². The van der Waals surface area contributed by atoms with Crippen molar-refractivity contribution in [1.29, 1.82) is 0 Å². The Morgan fingerprint density at radius 2 is 2.50 bits per heavy atom. The summed E-state index contributed by atoms with van der Waals surface area (Å²) in [6.07, 6.45) is 1.68. The average molecular weight is 140 g/mol. The van der Waals surface area contributed by atoms with Gasteiger partial charge in [-0.05, 0) is 0 Å². The van der Waals surface area contributed by atoms with Crippen molar-refractivity contribution < 1.29 is 0 Å². The van der Waals surface area contributed by atoms with E-state index in [9.17, 15) is 0 Å². The molecule has 0 aliphatic rings. The first-order valence-corrected chi connectivity index (χ1v) is 3.29. The monoisotopic (exact) mass is 140 g/mol. The molecule has 0 amide bonds. The van der Waals surface area contributed by atoms with Crippen molar-refractivity contribution in [3.8, 4) is 0 Å². The Labute approximate surface area is 60.1 Å². The molecule has 56 valence electrons. The molecule has 1 aromatic heterocycles. The van der Waals surface area contributed by atoms with E-state index in [0.717, 1.165) is 5.82 Å². The molecular formula is C6H12N4. The van der Waals surface area contributed by atoms with Crippen LogP contribution in [-0.2, 0) is 7.05 Å². The van der Waals surface area contributed by atoms with Gasteiger partial charge in [-0.15, -0.1) is 10.2 Å². The summed E-state index contributed by atoms with van der Waals surface area (Å²) < 4.78 is 1.89. The molecule has 4 heteroatoms. The molecule has 0 aliphatic carbocycles. The number of hydrogen-bond donors (Lipinski definition) is 1. The highest BCUT2D eigenvalue weighted by Crippen LogP contribution is 2.07. The fourth-order valence-electron chi connectivity index (χ4n) is 0.844. The van der Waals surface area contributed by atoms with E-state index in [2.05, 4.69) is 10.2 Å². The molecule has 0 aliphatic heterocycles. The molecule has 0 saturated heterocycles. The molecule has 2 N–H and O–H groups in total. The Morgan fingerprint density at radius 1 is 1.80 bits per heavy atom. The van der Waals surface area contributed by atoms with Gasteiger partial charge in [-0.2, -0.15) is 0 Å². The molecule has 1 heterocycles. The maximum atomic E-state index is 5.45. The first kappa shape index (κ1) is 7.21. The van der Waals surface area contributed by atoms with Gasteiger partial charge in [-0.25, -0.2) is 0 Å². The lowest BCUT2D eigenvalue weighted by Crippen LogP contribution is -2.13. The Hall–Kier alpha value is -0.900. The summed E-state index contributed by atoms with van der Waals surface area (Å²) in [5, 5.41) is 7.67. The second kappa shape index (κ2) is 2.79. The number of hydrogen-bond acceptors (Lipinski definition) is 3. The Kier molecular flexibility index (Phi) is 2.01. The van der Waals surface area contributed by atoms with Crippen molar-refractivity contribution >= 4 is 0 Å². The quantitative estimate of drug-likeness (QED) is 0.623. The van der Waals surface area contributed by atoms with E-state index < -0.39 is 0 Å². The Morgan fingerprint density at radius 3 is 2.90 bits per heavy atom. The number of aryl methyl sites for hydroxylation is 1. The number of nitrogens with two attached hydrogens (primary N) is 1. The van der Waals surface area contributed by atoms with Crippen molar-refractivity contribution in [1.82, 2.24) is 14.8 Å². The lowest BCUT2D eigenvalue weighted by molar-refractivity contribution is 0.666. The van der Waals surface area contributed by atoms with Crippen LogP contribution in [0, 0.1) is 0 Å². The van der Waals surface area contributed by atoms with E-state index in [0.29, 0.717) is 12.5 Å². The molecule has 1 rings (SSSR count). The van der Waals surface area contributed by atoms with Crippen molar-refractivity contribution in [3.05, 3.63) is 12.2 Å². The summed E-state index contributed by atoms with van der Waals surface area (Å²) in [6.45, 7) is 2.65. The van der Waals surface area contributed by atoms with Gasteiger partial charge < -0.3 is 10.3 Å². The molecule has 0 aromatic carbocycles. The van der Waals surface area contributed by atoms with Crippen LogP contribution >= 0.6 is 0 Å². The van der Waals surface area contributed by atoms with E-state index in [-0.39, 0.29) is 0 Å². The van der Waals surface area contributed by atoms with Crippen molar-refractivity contribution in [3.63, 3.8) is 0 Å². The molecular weight excluding hydrogens is 128 g/mol. The van der Waals surface area contributed by atoms with Crippen LogP contribution in [0.2, 0.25) is 0 Å². The molecule has 1 unspecified atom stereocenters. The van der Waals surface area contributed by atoms with Crippen LogP contribution in [0.5, 0.6) is 0 Å². The largest absolute Gasteiger partial charge is 0.330 e. The van der Waals surface area contributed by atoms with Gasteiger partial charge in [-0.3, -0.25) is 0 Å². The molecule has 0 bridgehead atoms. The Bertz CT molecular complexity index is 205. The van der Waals surface area contributed by atoms with E-state index in [1.807, 2.05) is 18.5 Å². The van der Waals surface area contributed by atoms with Gasteiger partial charge in [0, 0.05) is 19.5 Å². The van der Waals surface area contributed by atoms with Gasteiger partial charge in [0.05, 0.1) is 0 Å². The summed E-state index contributed by atoms with van der Waals surface area (Å²) in [5.41, 5.74) is 5.45. The first-order chi connectivity index (χ1) is 4.75. The first-order valence-electron chi connectivity index (χ1n) is 3.29. The van der Waals surface area contributed by atoms with Crippen molar-refractivity contribution in [2.24, 2.45) is 12.8 Å². The van der Waals surface area contributed by atoms with Crippen LogP contribution in [0.25, 0.3) is 0 Å². The van der Waals surface area contributed by atoms with Crippen LogP contribution in [0.15, 0.2) is 6.33 Å². The highest BCUT2D eigenvalue weighted by atomic mass is 15.2. The maximum absolute atomic E-state index is 5.45. The average Bonchev–Trinajstić information content (AvgIpc) is 2.34. The lowest BCUT2D eigenvalue weighted by Gasteiger charge is -2.05. The molecule has 0 saturated carbocycles. The van der Waals surface area contributed by atoms with Gasteiger partial charge in [-0.1, -0.05) is 6.92 Å². The van der Waals surface area contributed by atoms with Gasteiger partial charge in [0.25, 0.3) is 0 Å². The molecule has 1 aromatic rings. The highest BCUT2D eigenvalue weighted by Gasteiger charge is 2.07. The molecule has 4 nitrogen and oxygen atoms in total. The van der Waals surface area contributed by atoms with E-state index in [4.69, 9.17) is 5.73 Å². The summed E-state index contributed by atoms with van der Waals surface area (Å²) in [5.74, 6) is 1.25. The smallest absolute Gasteiger partial charge is 0.136 e. The molecule has 0 spiro atoms. The highest BCUT2D eigenvalue weighted by molar-refractivity contribution is 4.93. The van der Waals surface area contributed by atoms with E-state index >= 15 is 0 Å². The summed E-state index contributed by atoms with van der Waals surface area (Å²) >= 11 is 0. The van der Waals surface area contributed by atoms with E-state index in [1.54, 1.807) is 6.33 Å². The van der Waals surface area contributed by atoms with E-state index in [1.165, 1.54) is 0 Å². The van der Waals surface area contributed by atoms with Crippen LogP contribution in [0.4, 0.5) is 0 Å². The summed E-state index contributed by atoms with van der Waals surface area (Å²) in [4.78, 5) is 0. The van der Waals surface area contributed by atoms with Crippen LogP contribution < -0.4 is 5.73 Å². The number of nitrogens with zero attached hydrogens (tertiary/aromatic N) is 3. The topological polar surface area (TPSA) is 56.7 Å². The van der Waals surface area contributed by atoms with Gasteiger partial charge >= 0.3 is 0 Å². The van der Waals surface area contributed by atoms with Crippen LogP contribution in [-0.4, -0.2) is 21.3 Å². The zero-order valence-electron chi connectivity index (χ0n) is 6.28. The van der Waals surface area contributed by atoms with Gasteiger partial charge in [0.1, 0.15) is 12.2 Å². The van der Waals surface area contributed by atoms with Gasteiger partial charge in [0.2, 0.25) is 0 Å². The summed E-state index contributed by atoms with van der Waals surface area (Å²) in [7, 11) is 1.92. The second-order valence-electron chi connectivity index (χ2n) is 2.44. The third-order valence-corrected chi connectivity index (χ3v) is 1.54. The minimum Gasteiger partial charge on any atom is -0.330 e. The normalized spacial score (nSPS) is 13.5. The zero-order valence-corrected chi connectivity index (χ0v) is 6.28. The fraction of sp³-hybridized carbons (Fsp3) is 0.667. The van der Waals surface area contributed by atoms with Crippen molar-refractivity contribution in [2.75, 3.05) is 6.54 Å². The molecule has 0 radical (unpaired) electrons. The van der Waals surface area contributed by atoms with Crippen molar-refractivity contribution in [2.45, 2.75) is 12.8 Å². The molecule has 1 atom stereocenters. The minimum atomic E-state index is 0.299. The zero-order chi connectivity index (χ0) is 7.56. The molecule has 0 fully saturated rings. The minimum absolute atomic E-state index is 0.299. The predicted molar refractivity (Wildman–Crippen MR) is 38.5 cm³/mol. The fourth-order valence-corrected chi connectivity index (χ4v) is 0.844. The number of rotatable bonds is 2. The standard InChI is InChI=1S/C6H12N4/c1-5(3-7)6-9-8-4-10(6)2/h4-5H,3,7H2,1-2H3. The third kappa shape index (κ3) is 1.16. The second-order valence-corrected chi connectivity index (χ2v) is 2.44. The van der Waals surface area contributed by atoms with Crippen LogP contribution in [0.3, 0.4) is 0 Å². The molecule has 10 heavy (non-hydrogen) atoms. The lowest BCUT2D eigenvalue weighted by atomic mass is 10.2. The predicted octanol–water partition coefficient (Wildman–Crippen LogP) is -0.123. The summed E-state index contributed by atoms with van der Waals surface area (Å²) in [6, 6.07) is 0. The third-order valence-electron chi connectivity index (χ3n) is 1.54. The number of aromatic nitrogens is 3. The SMILES string of the molecule is CC(CN)c1nncn1C. The van der Waals surface area contributed by atoms with Crippen LogP contribution in [0.1, 0.15) is 18.7 Å².